The van der Waals surface area contributed by atoms with Crippen LogP contribution in [0.2, 0.25) is 0 Å². The minimum Gasteiger partial charge on any atom is -0.384 e. The molecule has 0 amide bonds. The number of halogens is 1. The largest absolute Gasteiger partial charge is 0.384 e. The molecule has 0 aliphatic heterocycles. The molecule has 0 atom stereocenters. The van der Waals surface area contributed by atoms with Gasteiger partial charge in [-0.15, -0.1) is 0 Å². The summed E-state index contributed by atoms with van der Waals surface area (Å²) in [5, 5.41) is 15.8. The van der Waals surface area contributed by atoms with Crippen LogP contribution in [0.3, 0.4) is 0 Å². The van der Waals surface area contributed by atoms with Crippen molar-refractivity contribution in [1.29, 1.82) is 5.26 Å². The lowest BCUT2D eigenvalue weighted by Gasteiger charge is -2.07. The van der Waals surface area contributed by atoms with Gasteiger partial charge in [-0.1, -0.05) is 5.16 Å². The summed E-state index contributed by atoms with van der Waals surface area (Å²) in [5.74, 6) is 1.26. The number of nitriles is 1. The minimum absolute atomic E-state index is 0.574. The Morgan fingerprint density at radius 3 is 2.94 bits per heavy atom. The van der Waals surface area contributed by atoms with Gasteiger partial charge in [-0.2, -0.15) is 10.2 Å². The summed E-state index contributed by atoms with van der Waals surface area (Å²) in [4.78, 5) is 4.12. The van der Waals surface area contributed by atoms with E-state index in [2.05, 4.69) is 37.5 Å². The Morgan fingerprint density at radius 2 is 2.33 bits per heavy atom. The molecule has 92 valence electrons. The van der Waals surface area contributed by atoms with Crippen LogP contribution in [-0.2, 0) is 6.42 Å². The third kappa shape index (κ3) is 3.08. The van der Waals surface area contributed by atoms with Crippen molar-refractivity contribution in [2.75, 3.05) is 11.9 Å². The minimum atomic E-state index is 0.574. The zero-order chi connectivity index (χ0) is 13.0. The Balaban J connectivity index is 1.92. The Kier molecular flexibility index (Phi) is 3.95. The first kappa shape index (κ1) is 12.6. The van der Waals surface area contributed by atoms with Crippen LogP contribution >= 0.6 is 15.9 Å². The van der Waals surface area contributed by atoms with Crippen molar-refractivity contribution in [3.63, 3.8) is 0 Å². The molecule has 5 nitrogen and oxygen atoms in total. The summed E-state index contributed by atoms with van der Waals surface area (Å²) >= 11 is 3.42. The molecule has 6 heteroatoms. The molecule has 2 aromatic rings. The van der Waals surface area contributed by atoms with Crippen molar-refractivity contribution in [3.05, 3.63) is 40.0 Å². The molecule has 1 aromatic carbocycles. The topological polar surface area (TPSA) is 74.7 Å². The quantitative estimate of drug-likeness (QED) is 0.940. The highest BCUT2D eigenvalue weighted by Gasteiger charge is 2.04. The molecule has 0 spiro atoms. The molecule has 0 saturated heterocycles. The van der Waals surface area contributed by atoms with Gasteiger partial charge in [-0.05, 0) is 34.1 Å². The van der Waals surface area contributed by atoms with E-state index in [-0.39, 0.29) is 0 Å². The number of aromatic nitrogens is 2. The molecule has 0 radical (unpaired) electrons. The first-order chi connectivity index (χ1) is 8.69. The molecular weight excluding hydrogens is 296 g/mol. The van der Waals surface area contributed by atoms with E-state index < -0.39 is 0 Å². The highest BCUT2D eigenvalue weighted by Crippen LogP contribution is 2.23. The lowest BCUT2D eigenvalue weighted by atomic mass is 10.2. The van der Waals surface area contributed by atoms with Crippen LogP contribution in [0.15, 0.2) is 27.2 Å². The summed E-state index contributed by atoms with van der Waals surface area (Å²) in [5.41, 5.74) is 1.57. The third-order valence-electron chi connectivity index (χ3n) is 2.33. The van der Waals surface area contributed by atoms with Crippen molar-refractivity contribution in [1.82, 2.24) is 10.1 Å². The Labute approximate surface area is 113 Å². The van der Waals surface area contributed by atoms with Crippen molar-refractivity contribution >= 4 is 21.6 Å². The summed E-state index contributed by atoms with van der Waals surface area (Å²) in [6.45, 7) is 2.46. The lowest BCUT2D eigenvalue weighted by Crippen LogP contribution is -2.06. The predicted octanol–water partition coefficient (Wildman–Crippen LogP) is 2.67. The second-order valence-corrected chi connectivity index (χ2v) is 4.57. The number of rotatable bonds is 4. The number of anilines is 1. The maximum atomic E-state index is 8.76. The van der Waals surface area contributed by atoms with Gasteiger partial charge < -0.3 is 9.84 Å². The number of hydrogen-bond donors (Lipinski definition) is 1. The van der Waals surface area contributed by atoms with Crippen molar-refractivity contribution in [2.45, 2.75) is 13.3 Å². The normalized spacial score (nSPS) is 10.1. The molecular formula is C12H11BrN4O. The van der Waals surface area contributed by atoms with Crippen molar-refractivity contribution in [2.24, 2.45) is 0 Å². The summed E-state index contributed by atoms with van der Waals surface area (Å²) in [6.07, 6.45) is 0.684. The highest BCUT2D eigenvalue weighted by molar-refractivity contribution is 9.10. The van der Waals surface area contributed by atoms with E-state index in [0.29, 0.717) is 30.2 Å². The van der Waals surface area contributed by atoms with Crippen LogP contribution in [0.25, 0.3) is 0 Å². The van der Waals surface area contributed by atoms with Gasteiger partial charge in [0.2, 0.25) is 5.89 Å². The molecule has 0 bridgehead atoms. The predicted molar refractivity (Wildman–Crippen MR) is 70.1 cm³/mol. The SMILES string of the molecule is Cc1nc(CCNc2ccc(C#N)cc2Br)no1. The molecule has 0 fully saturated rings. The van der Waals surface area contributed by atoms with Crippen LogP contribution in [0.1, 0.15) is 17.3 Å². The smallest absolute Gasteiger partial charge is 0.223 e. The standard InChI is InChI=1S/C12H11BrN4O/c1-8-16-12(17-18-8)4-5-15-11-3-2-9(7-14)6-10(11)13/h2-3,6,15H,4-5H2,1H3. The summed E-state index contributed by atoms with van der Waals surface area (Å²) in [7, 11) is 0. The van der Waals surface area contributed by atoms with Gasteiger partial charge in [-0.25, -0.2) is 0 Å². The number of aryl methyl sites for hydroxylation is 1. The fraction of sp³-hybridized carbons (Fsp3) is 0.250. The Hall–Kier alpha value is -1.87. The first-order valence-electron chi connectivity index (χ1n) is 5.42. The van der Waals surface area contributed by atoms with Gasteiger partial charge in [0.15, 0.2) is 5.82 Å². The van der Waals surface area contributed by atoms with Crippen LogP contribution < -0.4 is 5.32 Å². The monoisotopic (exact) mass is 306 g/mol. The van der Waals surface area contributed by atoms with Crippen LogP contribution in [0.5, 0.6) is 0 Å². The van der Waals surface area contributed by atoms with E-state index in [9.17, 15) is 0 Å². The molecule has 2 rings (SSSR count). The molecule has 1 N–H and O–H groups in total. The number of nitrogens with zero attached hydrogens (tertiary/aromatic N) is 3. The van der Waals surface area contributed by atoms with E-state index >= 15 is 0 Å². The fourth-order valence-electron chi connectivity index (χ4n) is 1.48. The van der Waals surface area contributed by atoms with Gasteiger partial charge in [0.1, 0.15) is 0 Å². The second kappa shape index (κ2) is 5.65. The van der Waals surface area contributed by atoms with E-state index in [1.54, 1.807) is 19.1 Å². The lowest BCUT2D eigenvalue weighted by molar-refractivity contribution is 0.387. The zero-order valence-corrected chi connectivity index (χ0v) is 11.4. The maximum Gasteiger partial charge on any atom is 0.223 e. The first-order valence-corrected chi connectivity index (χ1v) is 6.21. The van der Waals surface area contributed by atoms with Gasteiger partial charge in [0.05, 0.1) is 11.6 Å². The number of benzene rings is 1. The van der Waals surface area contributed by atoms with Crippen LogP contribution in [0.4, 0.5) is 5.69 Å². The second-order valence-electron chi connectivity index (χ2n) is 3.71. The summed E-state index contributed by atoms with van der Waals surface area (Å²) in [6, 6.07) is 7.50. The third-order valence-corrected chi connectivity index (χ3v) is 2.99. The molecule has 0 unspecified atom stereocenters. The van der Waals surface area contributed by atoms with Gasteiger partial charge in [0, 0.05) is 30.0 Å². The number of nitrogens with one attached hydrogen (secondary N) is 1. The molecule has 18 heavy (non-hydrogen) atoms. The van der Waals surface area contributed by atoms with Crippen LogP contribution in [0, 0.1) is 18.3 Å². The molecule has 1 aromatic heterocycles. The summed E-state index contributed by atoms with van der Waals surface area (Å²) < 4.78 is 5.75. The van der Waals surface area contributed by atoms with E-state index in [1.807, 2.05) is 6.07 Å². The highest BCUT2D eigenvalue weighted by atomic mass is 79.9. The van der Waals surface area contributed by atoms with E-state index in [1.165, 1.54) is 0 Å². The average Bonchev–Trinajstić information content (AvgIpc) is 2.77. The van der Waals surface area contributed by atoms with Gasteiger partial charge in [0.25, 0.3) is 0 Å². The average molecular weight is 307 g/mol. The van der Waals surface area contributed by atoms with Crippen LogP contribution in [-0.4, -0.2) is 16.7 Å². The van der Waals surface area contributed by atoms with Crippen molar-refractivity contribution < 1.29 is 4.52 Å². The molecule has 0 aliphatic rings. The Bertz CT molecular complexity index is 588. The van der Waals surface area contributed by atoms with Gasteiger partial charge in [-0.3, -0.25) is 0 Å². The van der Waals surface area contributed by atoms with E-state index in [0.717, 1.165) is 10.2 Å². The molecule has 0 aliphatic carbocycles. The maximum absolute atomic E-state index is 8.76. The van der Waals surface area contributed by atoms with E-state index in [4.69, 9.17) is 9.78 Å². The molecule has 0 saturated carbocycles. The van der Waals surface area contributed by atoms with Gasteiger partial charge >= 0.3 is 0 Å². The fourth-order valence-corrected chi connectivity index (χ4v) is 2.00. The Morgan fingerprint density at radius 1 is 1.50 bits per heavy atom. The zero-order valence-electron chi connectivity index (χ0n) is 9.77. The molecule has 1 heterocycles. The number of hydrogen-bond acceptors (Lipinski definition) is 5. The van der Waals surface area contributed by atoms with Crippen molar-refractivity contribution in [3.8, 4) is 6.07 Å².